The highest BCUT2D eigenvalue weighted by atomic mass is 16.5. The molecule has 1 N–H and O–H groups in total. The normalized spacial score (nSPS) is 10.6. The van der Waals surface area contributed by atoms with Crippen LogP contribution in [0.25, 0.3) is 11.1 Å². The molecule has 0 atom stereocenters. The highest BCUT2D eigenvalue weighted by molar-refractivity contribution is 5.93. The van der Waals surface area contributed by atoms with Crippen molar-refractivity contribution in [2.24, 2.45) is 5.92 Å². The Hall–Kier alpha value is -3.60. The molecule has 3 rings (SSSR count). The molecule has 0 aliphatic carbocycles. The predicted molar refractivity (Wildman–Crippen MR) is 122 cm³/mol. The van der Waals surface area contributed by atoms with Crippen LogP contribution in [0.2, 0.25) is 0 Å². The van der Waals surface area contributed by atoms with Crippen molar-refractivity contribution in [2.45, 2.75) is 20.8 Å². The molecule has 1 amide bonds. The summed E-state index contributed by atoms with van der Waals surface area (Å²) < 4.78 is 10.8. The van der Waals surface area contributed by atoms with Crippen molar-refractivity contribution in [3.05, 3.63) is 83.9 Å². The van der Waals surface area contributed by atoms with Crippen LogP contribution in [0, 0.1) is 12.8 Å². The average molecular weight is 418 g/mol. The SMILES string of the molecule is Cc1ccc(-c2ccc(OCC(=O)Nc3ccc(C(=O)OCC(C)C)cc3)cc2)cc1. The van der Waals surface area contributed by atoms with Crippen molar-refractivity contribution < 1.29 is 19.1 Å². The topological polar surface area (TPSA) is 64.6 Å². The van der Waals surface area contributed by atoms with Gasteiger partial charge in [0.2, 0.25) is 0 Å². The fourth-order valence-corrected chi connectivity index (χ4v) is 2.85. The predicted octanol–water partition coefficient (Wildman–Crippen LogP) is 5.49. The fourth-order valence-electron chi connectivity index (χ4n) is 2.85. The molecule has 0 heterocycles. The second kappa shape index (κ2) is 10.4. The molecule has 3 aromatic rings. The summed E-state index contributed by atoms with van der Waals surface area (Å²) in [6, 6.07) is 22.5. The van der Waals surface area contributed by atoms with E-state index in [4.69, 9.17) is 9.47 Å². The first-order valence-electron chi connectivity index (χ1n) is 10.3. The number of rotatable bonds is 8. The highest BCUT2D eigenvalue weighted by Crippen LogP contribution is 2.22. The van der Waals surface area contributed by atoms with E-state index in [2.05, 4.69) is 36.5 Å². The number of aryl methyl sites for hydroxylation is 1. The number of carbonyl (C=O) groups excluding carboxylic acids is 2. The lowest BCUT2D eigenvalue weighted by Crippen LogP contribution is -2.20. The standard InChI is InChI=1S/C26H27NO4/c1-18(2)16-31-26(29)22-8-12-23(13-9-22)27-25(28)17-30-24-14-10-21(11-15-24)20-6-4-19(3)5-7-20/h4-15,18H,16-17H2,1-3H3,(H,27,28). The largest absolute Gasteiger partial charge is 0.484 e. The third-order valence-electron chi connectivity index (χ3n) is 4.56. The van der Waals surface area contributed by atoms with Crippen LogP contribution in [0.1, 0.15) is 29.8 Å². The number of ether oxygens (including phenoxy) is 2. The maximum atomic E-state index is 12.2. The van der Waals surface area contributed by atoms with Crippen LogP contribution in [-0.2, 0) is 9.53 Å². The number of amides is 1. The number of carbonyl (C=O) groups is 2. The van der Waals surface area contributed by atoms with Crippen molar-refractivity contribution in [1.82, 2.24) is 0 Å². The second-order valence-corrected chi connectivity index (χ2v) is 7.80. The Morgan fingerprint density at radius 1 is 0.839 bits per heavy atom. The van der Waals surface area contributed by atoms with Crippen LogP contribution in [0.4, 0.5) is 5.69 Å². The molecule has 0 radical (unpaired) electrons. The van der Waals surface area contributed by atoms with Gasteiger partial charge in [-0.15, -0.1) is 0 Å². The van der Waals surface area contributed by atoms with Crippen LogP contribution < -0.4 is 10.1 Å². The van der Waals surface area contributed by atoms with E-state index in [1.807, 2.05) is 38.1 Å². The van der Waals surface area contributed by atoms with Gasteiger partial charge in [0.25, 0.3) is 5.91 Å². The first kappa shape index (κ1) is 22.1. The van der Waals surface area contributed by atoms with E-state index in [-0.39, 0.29) is 24.4 Å². The molecule has 31 heavy (non-hydrogen) atoms. The Morgan fingerprint density at radius 2 is 1.42 bits per heavy atom. The average Bonchev–Trinajstić information content (AvgIpc) is 2.77. The molecule has 160 valence electrons. The molecule has 0 fully saturated rings. The van der Waals surface area contributed by atoms with Gasteiger partial charge < -0.3 is 14.8 Å². The van der Waals surface area contributed by atoms with Crippen LogP contribution >= 0.6 is 0 Å². The maximum Gasteiger partial charge on any atom is 0.338 e. The lowest BCUT2D eigenvalue weighted by atomic mass is 10.0. The number of benzene rings is 3. The van der Waals surface area contributed by atoms with Gasteiger partial charge in [0.05, 0.1) is 12.2 Å². The summed E-state index contributed by atoms with van der Waals surface area (Å²) in [4.78, 5) is 24.1. The Morgan fingerprint density at radius 3 is 2.00 bits per heavy atom. The lowest BCUT2D eigenvalue weighted by Gasteiger charge is -2.10. The summed E-state index contributed by atoms with van der Waals surface area (Å²) in [5.74, 6) is 0.248. The van der Waals surface area contributed by atoms with Gasteiger partial charge in [-0.3, -0.25) is 4.79 Å². The van der Waals surface area contributed by atoms with Crippen molar-refractivity contribution in [2.75, 3.05) is 18.5 Å². The first-order chi connectivity index (χ1) is 14.9. The van der Waals surface area contributed by atoms with Gasteiger partial charge in [0.1, 0.15) is 5.75 Å². The van der Waals surface area contributed by atoms with Crippen LogP contribution in [0.15, 0.2) is 72.8 Å². The summed E-state index contributed by atoms with van der Waals surface area (Å²) in [5.41, 5.74) is 4.47. The number of anilines is 1. The van der Waals surface area contributed by atoms with E-state index in [9.17, 15) is 9.59 Å². The smallest absolute Gasteiger partial charge is 0.338 e. The molecule has 5 nitrogen and oxygen atoms in total. The van der Waals surface area contributed by atoms with Gasteiger partial charge >= 0.3 is 5.97 Å². The van der Waals surface area contributed by atoms with Crippen molar-refractivity contribution >= 4 is 17.6 Å². The van der Waals surface area contributed by atoms with Crippen molar-refractivity contribution in [3.63, 3.8) is 0 Å². The molecule has 0 saturated carbocycles. The van der Waals surface area contributed by atoms with Gasteiger partial charge in [0, 0.05) is 5.69 Å². The van der Waals surface area contributed by atoms with Gasteiger partial charge in [-0.25, -0.2) is 4.79 Å². The molecule has 0 aliphatic rings. The summed E-state index contributed by atoms with van der Waals surface area (Å²) in [5, 5.41) is 2.75. The van der Waals surface area contributed by atoms with E-state index in [1.54, 1.807) is 24.3 Å². The Balaban J connectivity index is 1.48. The van der Waals surface area contributed by atoms with Crippen LogP contribution in [-0.4, -0.2) is 25.1 Å². The Labute approximate surface area is 183 Å². The zero-order chi connectivity index (χ0) is 22.2. The van der Waals surface area contributed by atoms with E-state index in [0.717, 1.165) is 11.1 Å². The molecule has 3 aromatic carbocycles. The monoisotopic (exact) mass is 417 g/mol. The first-order valence-corrected chi connectivity index (χ1v) is 10.3. The van der Waals surface area contributed by atoms with Crippen LogP contribution in [0.5, 0.6) is 5.75 Å². The minimum absolute atomic E-state index is 0.109. The Kier molecular flexibility index (Phi) is 7.44. The van der Waals surface area contributed by atoms with E-state index in [0.29, 0.717) is 23.6 Å². The quantitative estimate of drug-likeness (QED) is 0.492. The lowest BCUT2D eigenvalue weighted by molar-refractivity contribution is -0.118. The van der Waals surface area contributed by atoms with E-state index < -0.39 is 0 Å². The van der Waals surface area contributed by atoms with E-state index in [1.165, 1.54) is 5.56 Å². The molecule has 0 spiro atoms. The highest BCUT2D eigenvalue weighted by Gasteiger charge is 2.09. The molecule has 0 unspecified atom stereocenters. The maximum absolute atomic E-state index is 12.2. The second-order valence-electron chi connectivity index (χ2n) is 7.80. The third-order valence-corrected chi connectivity index (χ3v) is 4.56. The third kappa shape index (κ3) is 6.71. The van der Waals surface area contributed by atoms with E-state index >= 15 is 0 Å². The zero-order valence-electron chi connectivity index (χ0n) is 18.1. The Bertz CT molecular complexity index is 1010. The van der Waals surface area contributed by atoms with Gasteiger partial charge in [0.15, 0.2) is 6.61 Å². The van der Waals surface area contributed by atoms with Gasteiger partial charge in [-0.2, -0.15) is 0 Å². The summed E-state index contributed by atoms with van der Waals surface area (Å²) >= 11 is 0. The molecule has 0 aromatic heterocycles. The molecule has 0 bridgehead atoms. The minimum atomic E-state index is -0.371. The fraction of sp³-hybridized carbons (Fsp3) is 0.231. The summed E-state index contributed by atoms with van der Waals surface area (Å²) in [6.07, 6.45) is 0. The summed E-state index contributed by atoms with van der Waals surface area (Å²) in [6.45, 7) is 6.28. The number of hydrogen-bond donors (Lipinski definition) is 1. The number of esters is 1. The molecular formula is C26H27NO4. The zero-order valence-corrected chi connectivity index (χ0v) is 18.1. The molecular weight excluding hydrogens is 390 g/mol. The van der Waals surface area contributed by atoms with Crippen molar-refractivity contribution in [1.29, 1.82) is 0 Å². The molecule has 5 heteroatoms. The van der Waals surface area contributed by atoms with Crippen LogP contribution in [0.3, 0.4) is 0 Å². The summed E-state index contributed by atoms with van der Waals surface area (Å²) in [7, 11) is 0. The van der Waals surface area contributed by atoms with Crippen molar-refractivity contribution in [3.8, 4) is 16.9 Å². The minimum Gasteiger partial charge on any atom is -0.484 e. The molecule has 0 saturated heterocycles. The number of nitrogens with one attached hydrogen (secondary N) is 1. The number of hydrogen-bond acceptors (Lipinski definition) is 4. The molecule has 0 aliphatic heterocycles. The van der Waals surface area contributed by atoms with Gasteiger partial charge in [-0.1, -0.05) is 55.8 Å². The van der Waals surface area contributed by atoms with Gasteiger partial charge in [-0.05, 0) is 60.4 Å².